The molecule has 1 aromatic carbocycles. The van der Waals surface area contributed by atoms with Crippen LogP contribution in [0.15, 0.2) is 41.5 Å². The van der Waals surface area contributed by atoms with Crippen LogP contribution in [0.5, 0.6) is 0 Å². The number of fused-ring (bicyclic) bond motifs is 4. The van der Waals surface area contributed by atoms with E-state index in [1.54, 1.807) is 6.20 Å². The standard InChI is InChI=1S/C24H17F5N8O2/c1-30-22(38)14-3-5-17(21(26)32-14)36-9-12-8-35(10-15(12)34-36)7-11-2-4-16-19(18(11)25)33-23(39)20-13(24(27,28)29)6-31-37(16)20/h2-6,9H,7-8,10H2,1H3,(H,30,38)(H,33,39). The van der Waals surface area contributed by atoms with Crippen LogP contribution in [-0.4, -0.2) is 47.2 Å². The summed E-state index contributed by atoms with van der Waals surface area (Å²) < 4.78 is 71.8. The Bertz CT molecular complexity index is 1830. The van der Waals surface area contributed by atoms with Crippen LogP contribution in [0.1, 0.15) is 32.9 Å². The highest BCUT2D eigenvalue weighted by atomic mass is 19.4. The minimum absolute atomic E-state index is 0.0135. The molecule has 0 radical (unpaired) electrons. The van der Waals surface area contributed by atoms with Crippen LogP contribution in [0.2, 0.25) is 0 Å². The summed E-state index contributed by atoms with van der Waals surface area (Å²) in [4.78, 5) is 31.9. The van der Waals surface area contributed by atoms with Crippen molar-refractivity contribution in [2.75, 3.05) is 7.05 Å². The van der Waals surface area contributed by atoms with Gasteiger partial charge >= 0.3 is 6.18 Å². The molecule has 0 spiro atoms. The number of amides is 1. The number of H-pyrrole nitrogens is 1. The average molecular weight is 544 g/mol. The number of carbonyl (C=O) groups is 1. The molecule has 0 atom stereocenters. The number of benzene rings is 1. The van der Waals surface area contributed by atoms with Gasteiger partial charge in [-0.3, -0.25) is 14.5 Å². The van der Waals surface area contributed by atoms with Gasteiger partial charge in [0.15, 0.2) is 5.82 Å². The number of nitrogens with zero attached hydrogens (tertiary/aromatic N) is 6. The molecule has 2 N–H and O–H groups in total. The Hall–Kier alpha value is -4.66. The Balaban J connectivity index is 1.25. The van der Waals surface area contributed by atoms with E-state index in [0.29, 0.717) is 25.0 Å². The van der Waals surface area contributed by atoms with Gasteiger partial charge < -0.3 is 10.3 Å². The third-order valence-electron chi connectivity index (χ3n) is 6.53. The zero-order chi connectivity index (χ0) is 27.6. The first-order chi connectivity index (χ1) is 18.5. The fraction of sp³-hybridized carbons (Fsp3) is 0.208. The van der Waals surface area contributed by atoms with Gasteiger partial charge in [-0.25, -0.2) is 18.6 Å². The van der Waals surface area contributed by atoms with E-state index in [1.807, 2.05) is 4.90 Å². The van der Waals surface area contributed by atoms with Gasteiger partial charge in [-0.15, -0.1) is 0 Å². The van der Waals surface area contributed by atoms with Crippen LogP contribution in [0.4, 0.5) is 22.0 Å². The number of aromatic amines is 1. The highest BCUT2D eigenvalue weighted by Gasteiger charge is 2.36. The molecule has 0 unspecified atom stereocenters. The van der Waals surface area contributed by atoms with Gasteiger partial charge in [0.05, 0.1) is 17.4 Å². The zero-order valence-electron chi connectivity index (χ0n) is 20.0. The number of carbonyl (C=O) groups excluding carboxylic acids is 1. The van der Waals surface area contributed by atoms with Gasteiger partial charge in [0.1, 0.15) is 28.0 Å². The SMILES string of the molecule is CNC(=O)c1ccc(-n2cc3c(n2)CN(Cc2ccc4c([nH]c(=O)c5c(C(F)(F)F)cnn54)c2F)C3)c(F)n1. The van der Waals surface area contributed by atoms with E-state index in [2.05, 4.69) is 25.5 Å². The van der Waals surface area contributed by atoms with Crippen molar-refractivity contribution in [2.45, 2.75) is 25.8 Å². The lowest BCUT2D eigenvalue weighted by Gasteiger charge is -2.16. The summed E-state index contributed by atoms with van der Waals surface area (Å²) in [5.41, 5.74) is -1.69. The maximum absolute atomic E-state index is 15.4. The van der Waals surface area contributed by atoms with Gasteiger partial charge in [-0.2, -0.15) is 27.8 Å². The Morgan fingerprint density at radius 1 is 1.15 bits per heavy atom. The lowest BCUT2D eigenvalue weighted by atomic mass is 10.1. The Labute approximate surface area is 214 Å². The first kappa shape index (κ1) is 24.7. The minimum Gasteiger partial charge on any atom is -0.354 e. The molecule has 4 aromatic heterocycles. The van der Waals surface area contributed by atoms with E-state index < -0.39 is 40.5 Å². The lowest BCUT2D eigenvalue weighted by Crippen LogP contribution is -2.20. The quantitative estimate of drug-likeness (QED) is 0.266. The monoisotopic (exact) mass is 544 g/mol. The van der Waals surface area contributed by atoms with Gasteiger partial charge in [0, 0.05) is 44.0 Å². The molecule has 0 bridgehead atoms. The Morgan fingerprint density at radius 3 is 2.64 bits per heavy atom. The fourth-order valence-electron chi connectivity index (χ4n) is 4.70. The van der Waals surface area contributed by atoms with Gasteiger partial charge in [-0.05, 0) is 18.2 Å². The topological polar surface area (TPSA) is 113 Å². The Kier molecular flexibility index (Phi) is 5.50. The number of rotatable bonds is 4. The number of halogens is 5. The van der Waals surface area contributed by atoms with Gasteiger partial charge in [-0.1, -0.05) is 6.07 Å². The normalized spacial score (nSPS) is 13.9. The Morgan fingerprint density at radius 2 is 1.95 bits per heavy atom. The van der Waals surface area contributed by atoms with Crippen molar-refractivity contribution in [1.29, 1.82) is 0 Å². The summed E-state index contributed by atoms with van der Waals surface area (Å²) in [6.45, 7) is 0.790. The van der Waals surface area contributed by atoms with Crippen molar-refractivity contribution in [3.8, 4) is 5.69 Å². The van der Waals surface area contributed by atoms with Crippen LogP contribution in [0.25, 0.3) is 22.2 Å². The molecule has 0 aliphatic carbocycles. The van der Waals surface area contributed by atoms with Crippen LogP contribution >= 0.6 is 0 Å². The van der Waals surface area contributed by atoms with Crippen LogP contribution in [0, 0.1) is 11.8 Å². The molecular weight excluding hydrogens is 527 g/mol. The maximum Gasteiger partial charge on any atom is 0.420 e. The van der Waals surface area contributed by atoms with Crippen molar-refractivity contribution in [3.63, 3.8) is 0 Å². The summed E-state index contributed by atoms with van der Waals surface area (Å²) in [5.74, 6) is -2.17. The average Bonchev–Trinajstić information content (AvgIpc) is 3.59. The number of pyridine rings is 1. The first-order valence-electron chi connectivity index (χ1n) is 11.5. The second kappa shape index (κ2) is 8.69. The fourth-order valence-corrected chi connectivity index (χ4v) is 4.70. The number of hydrogen-bond acceptors (Lipinski definition) is 6. The molecule has 1 amide bonds. The highest BCUT2D eigenvalue weighted by Crippen LogP contribution is 2.33. The first-order valence-corrected chi connectivity index (χ1v) is 11.5. The summed E-state index contributed by atoms with van der Waals surface area (Å²) in [7, 11) is 1.41. The predicted molar refractivity (Wildman–Crippen MR) is 126 cm³/mol. The van der Waals surface area contributed by atoms with Gasteiger partial charge in [0.2, 0.25) is 5.95 Å². The van der Waals surface area contributed by atoms with Crippen LogP contribution in [0.3, 0.4) is 0 Å². The van der Waals surface area contributed by atoms with E-state index in [0.717, 1.165) is 10.1 Å². The smallest absolute Gasteiger partial charge is 0.354 e. The largest absolute Gasteiger partial charge is 0.420 e. The predicted octanol–water partition coefficient (Wildman–Crippen LogP) is 2.93. The zero-order valence-corrected chi connectivity index (χ0v) is 20.0. The molecule has 5 heterocycles. The van der Waals surface area contributed by atoms with Crippen molar-refractivity contribution in [3.05, 3.63) is 86.9 Å². The molecule has 6 rings (SSSR count). The molecule has 39 heavy (non-hydrogen) atoms. The summed E-state index contributed by atoms with van der Waals surface area (Å²) >= 11 is 0. The van der Waals surface area contributed by atoms with Crippen LogP contribution < -0.4 is 10.9 Å². The van der Waals surface area contributed by atoms with Crippen molar-refractivity contribution < 1.29 is 26.7 Å². The number of hydrogen-bond donors (Lipinski definition) is 2. The molecule has 0 saturated carbocycles. The van der Waals surface area contributed by atoms with E-state index in [1.165, 1.54) is 36.0 Å². The van der Waals surface area contributed by atoms with E-state index in [-0.39, 0.29) is 34.5 Å². The summed E-state index contributed by atoms with van der Waals surface area (Å²) in [6.07, 6.45) is -2.64. The molecule has 0 fully saturated rings. The molecule has 0 saturated heterocycles. The van der Waals surface area contributed by atoms with Gasteiger partial charge in [0.25, 0.3) is 11.5 Å². The summed E-state index contributed by atoms with van der Waals surface area (Å²) in [6, 6.07) is 5.60. The molecule has 5 aromatic rings. The third kappa shape index (κ3) is 4.01. The van der Waals surface area contributed by atoms with Crippen molar-refractivity contribution >= 4 is 22.5 Å². The molecule has 1 aliphatic heterocycles. The second-order valence-electron chi connectivity index (χ2n) is 8.98. The minimum atomic E-state index is -4.79. The molecule has 1 aliphatic rings. The van der Waals surface area contributed by atoms with E-state index in [4.69, 9.17) is 0 Å². The molecule has 10 nitrogen and oxygen atoms in total. The summed E-state index contributed by atoms with van der Waals surface area (Å²) in [5, 5.41) is 10.4. The third-order valence-corrected chi connectivity index (χ3v) is 6.53. The lowest BCUT2D eigenvalue weighted by molar-refractivity contribution is -0.136. The van der Waals surface area contributed by atoms with Crippen molar-refractivity contribution in [2.24, 2.45) is 0 Å². The van der Waals surface area contributed by atoms with Crippen LogP contribution in [-0.2, 0) is 25.8 Å². The van der Waals surface area contributed by atoms with E-state index >= 15 is 4.39 Å². The van der Waals surface area contributed by atoms with Crippen molar-refractivity contribution in [1.82, 2.24) is 39.6 Å². The number of aromatic nitrogens is 6. The number of nitrogens with one attached hydrogen (secondary N) is 2. The molecule has 15 heteroatoms. The second-order valence-corrected chi connectivity index (χ2v) is 8.98. The maximum atomic E-state index is 15.4. The molecule has 200 valence electrons. The highest BCUT2D eigenvalue weighted by molar-refractivity contribution is 5.92. The molecular formula is C24H17F5N8O2. The number of alkyl halides is 3. The van der Waals surface area contributed by atoms with E-state index in [9.17, 15) is 27.2 Å².